The lowest BCUT2D eigenvalue weighted by Crippen LogP contribution is -2.31. The molecule has 0 aliphatic carbocycles. The standard InChI is InChI=1S/C10H8FN3O3/c1-6(5-12)13-10(15)7-2-8(11)4-9(3-7)14(16)17/h2-4,6H,1H3,(H,13,15). The Kier molecular flexibility index (Phi) is 3.72. The molecule has 17 heavy (non-hydrogen) atoms. The van der Waals surface area contributed by atoms with E-state index < -0.39 is 28.4 Å². The van der Waals surface area contributed by atoms with E-state index in [4.69, 9.17) is 5.26 Å². The largest absolute Gasteiger partial charge is 0.337 e. The summed E-state index contributed by atoms with van der Waals surface area (Å²) >= 11 is 0. The van der Waals surface area contributed by atoms with Gasteiger partial charge in [-0.2, -0.15) is 5.26 Å². The zero-order valence-electron chi connectivity index (χ0n) is 8.81. The molecule has 1 N–H and O–H groups in total. The number of nitriles is 1. The molecule has 0 heterocycles. The van der Waals surface area contributed by atoms with Crippen molar-refractivity contribution < 1.29 is 14.1 Å². The Bertz CT molecular complexity index is 510. The molecule has 0 bridgehead atoms. The highest BCUT2D eigenvalue weighted by Crippen LogP contribution is 2.16. The highest BCUT2D eigenvalue weighted by molar-refractivity contribution is 5.95. The first kappa shape index (κ1) is 12.6. The highest BCUT2D eigenvalue weighted by atomic mass is 19.1. The number of hydrogen-bond acceptors (Lipinski definition) is 4. The van der Waals surface area contributed by atoms with Crippen molar-refractivity contribution >= 4 is 11.6 Å². The minimum atomic E-state index is -0.881. The molecule has 0 radical (unpaired) electrons. The van der Waals surface area contributed by atoms with Gasteiger partial charge in [-0.25, -0.2) is 4.39 Å². The molecule has 0 aliphatic rings. The van der Waals surface area contributed by atoms with Crippen LogP contribution in [0.3, 0.4) is 0 Å². The Hall–Kier alpha value is -2.49. The van der Waals surface area contributed by atoms with Crippen molar-refractivity contribution in [2.24, 2.45) is 0 Å². The van der Waals surface area contributed by atoms with E-state index >= 15 is 0 Å². The number of amides is 1. The molecule has 1 aromatic rings. The van der Waals surface area contributed by atoms with E-state index in [1.165, 1.54) is 6.92 Å². The molecule has 1 aromatic carbocycles. The average molecular weight is 237 g/mol. The lowest BCUT2D eigenvalue weighted by molar-refractivity contribution is -0.385. The van der Waals surface area contributed by atoms with E-state index in [1.54, 1.807) is 6.07 Å². The zero-order valence-corrected chi connectivity index (χ0v) is 8.81. The first-order valence-electron chi connectivity index (χ1n) is 4.59. The van der Waals surface area contributed by atoms with Gasteiger partial charge in [-0.05, 0) is 13.0 Å². The van der Waals surface area contributed by atoms with Crippen LogP contribution in [0, 0.1) is 27.3 Å². The van der Waals surface area contributed by atoms with Gasteiger partial charge in [0.2, 0.25) is 0 Å². The van der Waals surface area contributed by atoms with Gasteiger partial charge in [0.15, 0.2) is 0 Å². The van der Waals surface area contributed by atoms with E-state index in [-0.39, 0.29) is 5.56 Å². The number of halogens is 1. The Balaban J connectivity index is 3.02. The Labute approximate surface area is 95.8 Å². The van der Waals surface area contributed by atoms with Crippen LogP contribution in [0.25, 0.3) is 0 Å². The van der Waals surface area contributed by atoms with Crippen LogP contribution in [-0.4, -0.2) is 16.9 Å². The number of rotatable bonds is 3. The summed E-state index contributed by atoms with van der Waals surface area (Å²) in [4.78, 5) is 21.2. The van der Waals surface area contributed by atoms with E-state index in [0.29, 0.717) is 6.07 Å². The van der Waals surface area contributed by atoms with Crippen LogP contribution in [0.4, 0.5) is 10.1 Å². The molecule has 0 spiro atoms. The predicted molar refractivity (Wildman–Crippen MR) is 55.6 cm³/mol. The molecule has 1 atom stereocenters. The molecule has 0 saturated carbocycles. The lowest BCUT2D eigenvalue weighted by Gasteiger charge is -2.06. The van der Waals surface area contributed by atoms with Crippen LogP contribution < -0.4 is 5.32 Å². The summed E-state index contributed by atoms with van der Waals surface area (Å²) in [6.07, 6.45) is 0. The monoisotopic (exact) mass is 237 g/mol. The van der Waals surface area contributed by atoms with E-state index in [2.05, 4.69) is 5.32 Å². The molecular formula is C10H8FN3O3. The third-order valence-electron chi connectivity index (χ3n) is 1.90. The van der Waals surface area contributed by atoms with Crippen molar-refractivity contribution in [3.63, 3.8) is 0 Å². The second-order valence-electron chi connectivity index (χ2n) is 3.28. The number of nitro groups is 1. The van der Waals surface area contributed by atoms with Gasteiger partial charge in [-0.15, -0.1) is 0 Å². The minimum absolute atomic E-state index is 0.196. The Morgan fingerprint density at radius 3 is 2.76 bits per heavy atom. The number of nitrogens with zero attached hydrogens (tertiary/aromatic N) is 2. The number of hydrogen-bond donors (Lipinski definition) is 1. The summed E-state index contributed by atoms with van der Waals surface area (Å²) in [6.45, 7) is 1.44. The quantitative estimate of drug-likeness (QED) is 0.634. The summed E-state index contributed by atoms with van der Waals surface area (Å²) in [5.74, 6) is -1.62. The smallest absolute Gasteiger partial charge is 0.273 e. The number of non-ortho nitro benzene ring substituents is 1. The second kappa shape index (κ2) is 5.03. The molecule has 1 amide bonds. The van der Waals surface area contributed by atoms with Gasteiger partial charge in [-0.3, -0.25) is 14.9 Å². The maximum atomic E-state index is 13.0. The summed E-state index contributed by atoms with van der Waals surface area (Å²) in [5, 5.41) is 21.2. The van der Waals surface area contributed by atoms with Crippen molar-refractivity contribution in [2.45, 2.75) is 13.0 Å². The summed E-state index contributed by atoms with van der Waals surface area (Å²) in [5.41, 5.74) is -0.710. The van der Waals surface area contributed by atoms with Crippen molar-refractivity contribution in [3.05, 3.63) is 39.7 Å². The van der Waals surface area contributed by atoms with Crippen molar-refractivity contribution in [1.82, 2.24) is 5.32 Å². The number of benzene rings is 1. The van der Waals surface area contributed by atoms with Crippen LogP contribution in [0.15, 0.2) is 18.2 Å². The number of nitro benzene ring substituents is 1. The predicted octanol–water partition coefficient (Wildman–Crippen LogP) is 1.38. The number of carbonyl (C=O) groups excluding carboxylic acids is 1. The van der Waals surface area contributed by atoms with Crippen LogP contribution in [-0.2, 0) is 0 Å². The topological polar surface area (TPSA) is 96.0 Å². The van der Waals surface area contributed by atoms with Gasteiger partial charge in [0.1, 0.15) is 11.9 Å². The molecule has 7 heteroatoms. The van der Waals surface area contributed by atoms with Crippen molar-refractivity contribution in [3.8, 4) is 6.07 Å². The molecule has 0 saturated heterocycles. The molecule has 0 fully saturated rings. The van der Waals surface area contributed by atoms with E-state index in [9.17, 15) is 19.3 Å². The van der Waals surface area contributed by atoms with Crippen LogP contribution in [0.5, 0.6) is 0 Å². The third kappa shape index (κ3) is 3.24. The third-order valence-corrected chi connectivity index (χ3v) is 1.90. The van der Waals surface area contributed by atoms with Gasteiger partial charge < -0.3 is 5.32 Å². The molecular weight excluding hydrogens is 229 g/mol. The van der Waals surface area contributed by atoms with Gasteiger partial charge in [0.05, 0.1) is 17.1 Å². The molecule has 0 aromatic heterocycles. The fraction of sp³-hybridized carbons (Fsp3) is 0.200. The Morgan fingerprint density at radius 1 is 1.59 bits per heavy atom. The maximum Gasteiger partial charge on any atom is 0.273 e. The number of nitrogens with one attached hydrogen (secondary N) is 1. The maximum absolute atomic E-state index is 13.0. The van der Waals surface area contributed by atoms with Gasteiger partial charge >= 0.3 is 0 Å². The first-order chi connectivity index (χ1) is 7.93. The number of carbonyl (C=O) groups is 1. The summed E-state index contributed by atoms with van der Waals surface area (Å²) < 4.78 is 13.0. The zero-order chi connectivity index (χ0) is 13.0. The summed E-state index contributed by atoms with van der Waals surface area (Å²) in [7, 11) is 0. The van der Waals surface area contributed by atoms with Crippen LogP contribution >= 0.6 is 0 Å². The molecule has 6 nitrogen and oxygen atoms in total. The van der Waals surface area contributed by atoms with Crippen molar-refractivity contribution in [1.29, 1.82) is 5.26 Å². The van der Waals surface area contributed by atoms with Gasteiger partial charge in [-0.1, -0.05) is 0 Å². The second-order valence-corrected chi connectivity index (χ2v) is 3.28. The molecule has 0 aliphatic heterocycles. The van der Waals surface area contributed by atoms with Crippen LogP contribution in [0.1, 0.15) is 17.3 Å². The van der Waals surface area contributed by atoms with Gasteiger partial charge in [0, 0.05) is 11.6 Å². The molecule has 1 rings (SSSR count). The van der Waals surface area contributed by atoms with Crippen LogP contribution in [0.2, 0.25) is 0 Å². The summed E-state index contributed by atoms with van der Waals surface area (Å²) in [6, 6.07) is 3.53. The average Bonchev–Trinajstić information content (AvgIpc) is 2.27. The van der Waals surface area contributed by atoms with Gasteiger partial charge in [0.25, 0.3) is 11.6 Å². The van der Waals surface area contributed by atoms with E-state index in [1.807, 2.05) is 0 Å². The lowest BCUT2D eigenvalue weighted by atomic mass is 10.1. The fourth-order valence-electron chi connectivity index (χ4n) is 1.12. The molecule has 1 unspecified atom stereocenters. The molecule has 88 valence electrons. The van der Waals surface area contributed by atoms with E-state index in [0.717, 1.165) is 12.1 Å². The highest BCUT2D eigenvalue weighted by Gasteiger charge is 2.15. The SMILES string of the molecule is CC(C#N)NC(=O)c1cc(F)cc([N+](=O)[O-])c1. The minimum Gasteiger partial charge on any atom is -0.337 e. The van der Waals surface area contributed by atoms with Crippen molar-refractivity contribution in [2.75, 3.05) is 0 Å². The fourth-order valence-corrected chi connectivity index (χ4v) is 1.12. The first-order valence-corrected chi connectivity index (χ1v) is 4.59. The normalized spacial score (nSPS) is 11.4. The Morgan fingerprint density at radius 2 is 2.24 bits per heavy atom.